The maximum atomic E-state index is 13.3. The number of benzene rings is 2. The molecule has 0 bridgehead atoms. The molecular weight excluding hydrogens is 416 g/mol. The highest BCUT2D eigenvalue weighted by Gasteiger charge is 2.29. The third-order valence-corrected chi connectivity index (χ3v) is 5.32. The van der Waals surface area contributed by atoms with Gasteiger partial charge in [0.25, 0.3) is 0 Å². The lowest BCUT2D eigenvalue weighted by atomic mass is 10.0. The number of hydrogen-bond donors (Lipinski definition) is 1. The molecule has 0 heterocycles. The van der Waals surface area contributed by atoms with Gasteiger partial charge in [-0.25, -0.2) is 0 Å². The fraction of sp³-hybridized carbons (Fsp3) is 0.481. The Balaban J connectivity index is 2.22. The molecule has 0 fully saturated rings. The predicted octanol–water partition coefficient (Wildman–Crippen LogP) is 4.37. The monoisotopic (exact) mass is 454 g/mol. The van der Waals surface area contributed by atoms with Crippen molar-refractivity contribution in [1.82, 2.24) is 10.2 Å². The number of nitrogens with zero attached hydrogens (tertiary/aromatic N) is 1. The van der Waals surface area contributed by atoms with Gasteiger partial charge in [0.05, 0.1) is 13.2 Å². The smallest absolute Gasteiger partial charge is 0.243 e. The summed E-state index contributed by atoms with van der Waals surface area (Å²) in [5, 5.41) is 3.03. The molecule has 0 aliphatic carbocycles. The first-order valence-corrected chi connectivity index (χ1v) is 11.8. The van der Waals surface area contributed by atoms with Gasteiger partial charge in [-0.3, -0.25) is 9.59 Å². The van der Waals surface area contributed by atoms with Crippen molar-refractivity contribution in [3.8, 4) is 5.75 Å². The van der Waals surface area contributed by atoms with Crippen molar-refractivity contribution in [2.45, 2.75) is 65.1 Å². The van der Waals surface area contributed by atoms with Crippen LogP contribution in [0.15, 0.2) is 54.6 Å². The molecule has 0 aliphatic rings. The molecule has 33 heavy (non-hydrogen) atoms. The molecule has 2 amide bonds. The number of methoxy groups -OCH3 is 1. The lowest BCUT2D eigenvalue weighted by molar-refractivity contribution is -0.141. The molecule has 0 aromatic heterocycles. The van der Waals surface area contributed by atoms with Gasteiger partial charge in [-0.2, -0.15) is 0 Å². The summed E-state index contributed by atoms with van der Waals surface area (Å²) in [6.45, 7) is 7.42. The Morgan fingerprint density at radius 3 is 2.30 bits per heavy atom. The summed E-state index contributed by atoms with van der Waals surface area (Å²) in [5.41, 5.74) is 1.97. The molecule has 0 aliphatic heterocycles. The Bertz CT molecular complexity index is 837. The lowest BCUT2D eigenvalue weighted by Crippen LogP contribution is -2.50. The highest BCUT2D eigenvalue weighted by atomic mass is 16.5. The summed E-state index contributed by atoms with van der Waals surface area (Å²) in [6, 6.07) is 16.9. The summed E-state index contributed by atoms with van der Waals surface area (Å²) < 4.78 is 10.8. The third-order valence-electron chi connectivity index (χ3n) is 5.32. The van der Waals surface area contributed by atoms with Crippen LogP contribution in [0.25, 0.3) is 0 Å². The van der Waals surface area contributed by atoms with E-state index in [0.717, 1.165) is 29.7 Å². The van der Waals surface area contributed by atoms with Crippen molar-refractivity contribution in [3.63, 3.8) is 0 Å². The molecule has 2 aromatic rings. The third kappa shape index (κ3) is 9.26. The van der Waals surface area contributed by atoms with Gasteiger partial charge in [0.2, 0.25) is 11.8 Å². The summed E-state index contributed by atoms with van der Waals surface area (Å²) >= 11 is 0. The van der Waals surface area contributed by atoms with Gasteiger partial charge in [-0.1, -0.05) is 49.4 Å². The lowest BCUT2D eigenvalue weighted by Gasteiger charge is -2.31. The Kier molecular flexibility index (Phi) is 11.5. The van der Waals surface area contributed by atoms with E-state index >= 15 is 0 Å². The van der Waals surface area contributed by atoms with E-state index in [1.165, 1.54) is 0 Å². The standard InChI is InChI=1S/C27H38N2O4/c1-5-10-26(30)29(20-23-13-15-24(32-4)16-14-23)25(19-22-11-7-6-8-12-22)27(31)28-17-9-18-33-21(2)3/h6-8,11-16,21,25H,5,9-10,17-20H2,1-4H3,(H,28,31)/t25-/m1/s1. The molecule has 6 heteroatoms. The number of carbonyl (C=O) groups is 2. The second-order valence-electron chi connectivity index (χ2n) is 8.39. The van der Waals surface area contributed by atoms with E-state index in [-0.39, 0.29) is 17.9 Å². The SMILES string of the molecule is CCCC(=O)N(Cc1ccc(OC)cc1)[C@H](Cc1ccccc1)C(=O)NCCCOC(C)C. The zero-order valence-corrected chi connectivity index (χ0v) is 20.4. The molecule has 0 saturated carbocycles. The molecule has 2 aromatic carbocycles. The van der Waals surface area contributed by atoms with Gasteiger partial charge in [-0.05, 0) is 49.9 Å². The average Bonchev–Trinajstić information content (AvgIpc) is 2.82. The summed E-state index contributed by atoms with van der Waals surface area (Å²) in [4.78, 5) is 28.2. The van der Waals surface area contributed by atoms with E-state index < -0.39 is 6.04 Å². The van der Waals surface area contributed by atoms with Crippen LogP contribution < -0.4 is 10.1 Å². The maximum absolute atomic E-state index is 13.3. The summed E-state index contributed by atoms with van der Waals surface area (Å²) in [6.07, 6.45) is 2.48. The predicted molar refractivity (Wildman–Crippen MR) is 131 cm³/mol. The fourth-order valence-electron chi connectivity index (χ4n) is 3.56. The van der Waals surface area contributed by atoms with Gasteiger partial charge in [-0.15, -0.1) is 0 Å². The largest absolute Gasteiger partial charge is 0.497 e. The van der Waals surface area contributed by atoms with Gasteiger partial charge in [0.1, 0.15) is 11.8 Å². The summed E-state index contributed by atoms with van der Waals surface area (Å²) in [5.74, 6) is 0.598. The van der Waals surface area contributed by atoms with E-state index in [2.05, 4.69) is 5.32 Å². The zero-order chi connectivity index (χ0) is 24.1. The first-order valence-electron chi connectivity index (χ1n) is 11.8. The van der Waals surface area contributed by atoms with Crippen LogP contribution in [0.2, 0.25) is 0 Å². The molecule has 0 unspecified atom stereocenters. The van der Waals surface area contributed by atoms with Crippen LogP contribution in [-0.4, -0.2) is 49.1 Å². The number of rotatable bonds is 14. The number of nitrogens with one attached hydrogen (secondary N) is 1. The highest BCUT2D eigenvalue weighted by Crippen LogP contribution is 2.18. The van der Waals surface area contributed by atoms with Crippen LogP contribution in [-0.2, 0) is 27.3 Å². The Labute approximate surface area is 198 Å². The molecule has 2 rings (SSSR count). The van der Waals surface area contributed by atoms with Crippen LogP contribution in [0.1, 0.15) is 51.2 Å². The van der Waals surface area contributed by atoms with Gasteiger partial charge >= 0.3 is 0 Å². The van der Waals surface area contributed by atoms with E-state index in [1.54, 1.807) is 12.0 Å². The molecule has 0 radical (unpaired) electrons. The van der Waals surface area contributed by atoms with Crippen molar-refractivity contribution in [2.75, 3.05) is 20.3 Å². The minimum Gasteiger partial charge on any atom is -0.497 e. The van der Waals surface area contributed by atoms with E-state index in [0.29, 0.717) is 32.5 Å². The normalized spacial score (nSPS) is 11.8. The van der Waals surface area contributed by atoms with Crippen molar-refractivity contribution in [2.24, 2.45) is 0 Å². The van der Waals surface area contributed by atoms with E-state index in [9.17, 15) is 9.59 Å². The van der Waals surface area contributed by atoms with Crippen molar-refractivity contribution >= 4 is 11.8 Å². The first-order chi connectivity index (χ1) is 15.9. The zero-order valence-electron chi connectivity index (χ0n) is 20.4. The molecule has 180 valence electrons. The number of ether oxygens (including phenoxy) is 2. The molecule has 0 spiro atoms. The quantitative estimate of drug-likeness (QED) is 0.431. The Hall–Kier alpha value is -2.86. The van der Waals surface area contributed by atoms with Crippen LogP contribution in [0.3, 0.4) is 0 Å². The molecule has 1 atom stereocenters. The molecule has 6 nitrogen and oxygen atoms in total. The van der Waals surface area contributed by atoms with Crippen LogP contribution in [0.4, 0.5) is 0 Å². The topological polar surface area (TPSA) is 67.9 Å². The first kappa shape index (κ1) is 26.4. The van der Waals surface area contributed by atoms with E-state index in [1.807, 2.05) is 75.4 Å². The minimum absolute atomic E-state index is 0.0208. The van der Waals surface area contributed by atoms with Crippen LogP contribution in [0.5, 0.6) is 5.75 Å². The molecule has 0 saturated heterocycles. The number of amides is 2. The van der Waals surface area contributed by atoms with Gasteiger partial charge in [0.15, 0.2) is 0 Å². The van der Waals surface area contributed by atoms with Crippen molar-refractivity contribution in [3.05, 3.63) is 65.7 Å². The van der Waals surface area contributed by atoms with Gasteiger partial charge in [0, 0.05) is 32.5 Å². The minimum atomic E-state index is -0.598. The number of hydrogen-bond acceptors (Lipinski definition) is 4. The molecule has 1 N–H and O–H groups in total. The van der Waals surface area contributed by atoms with Crippen LogP contribution in [0, 0.1) is 0 Å². The Morgan fingerprint density at radius 2 is 1.70 bits per heavy atom. The number of carbonyl (C=O) groups excluding carboxylic acids is 2. The maximum Gasteiger partial charge on any atom is 0.243 e. The summed E-state index contributed by atoms with van der Waals surface area (Å²) in [7, 11) is 1.62. The highest BCUT2D eigenvalue weighted by molar-refractivity contribution is 5.88. The van der Waals surface area contributed by atoms with Crippen molar-refractivity contribution in [1.29, 1.82) is 0 Å². The van der Waals surface area contributed by atoms with Gasteiger partial charge < -0.3 is 19.7 Å². The Morgan fingerprint density at radius 1 is 1.00 bits per heavy atom. The second kappa shape index (κ2) is 14.3. The van der Waals surface area contributed by atoms with Crippen molar-refractivity contribution < 1.29 is 19.1 Å². The fourth-order valence-corrected chi connectivity index (χ4v) is 3.56. The average molecular weight is 455 g/mol. The molecular formula is C27H38N2O4. The van der Waals surface area contributed by atoms with Crippen LogP contribution >= 0.6 is 0 Å². The second-order valence-corrected chi connectivity index (χ2v) is 8.39. The van der Waals surface area contributed by atoms with E-state index in [4.69, 9.17) is 9.47 Å².